The molecule has 0 saturated carbocycles. The molecule has 1 aromatic heterocycles. The molecule has 0 aliphatic heterocycles. The van der Waals surface area contributed by atoms with Gasteiger partial charge in [0.1, 0.15) is 0 Å². The lowest BCUT2D eigenvalue weighted by molar-refractivity contribution is 0.930. The number of thiocarbonyl (C=S) groups is 1. The third-order valence-corrected chi connectivity index (χ3v) is 1.09. The van der Waals surface area contributed by atoms with Crippen LogP contribution in [0.25, 0.3) is 0 Å². The summed E-state index contributed by atoms with van der Waals surface area (Å²) in [5.41, 5.74) is 3.48. The molecular formula is C5H5N2S. The number of rotatable bonds is 1. The van der Waals surface area contributed by atoms with E-state index in [0.29, 0.717) is 0 Å². The zero-order valence-corrected chi connectivity index (χ0v) is 5.27. The zero-order valence-electron chi connectivity index (χ0n) is 4.46. The molecule has 0 amide bonds. The molecule has 3 heteroatoms. The Morgan fingerprint density at radius 2 is 2.62 bits per heavy atom. The quantitative estimate of drug-likeness (QED) is 0.518. The minimum atomic E-state index is 1.01. The summed E-state index contributed by atoms with van der Waals surface area (Å²) in [7, 11) is 0. The summed E-state index contributed by atoms with van der Waals surface area (Å²) in [6.07, 6.45) is 1.69. The highest BCUT2D eigenvalue weighted by Gasteiger charge is 1.88. The van der Waals surface area contributed by atoms with Gasteiger partial charge in [-0.2, -0.15) is 5.10 Å². The molecule has 8 heavy (non-hydrogen) atoms. The lowest BCUT2D eigenvalue weighted by Crippen LogP contribution is -1.96. The highest BCUT2D eigenvalue weighted by atomic mass is 32.1. The van der Waals surface area contributed by atoms with Gasteiger partial charge in [-0.15, -0.1) is 0 Å². The summed E-state index contributed by atoms with van der Waals surface area (Å²) < 4.78 is 1.52. The number of hydrogen-bond acceptors (Lipinski definition) is 2. The SMILES string of the molecule is Cc1ccnn1[C]=S. The third-order valence-electron chi connectivity index (χ3n) is 0.918. The molecule has 1 aromatic rings. The number of nitrogens with zero attached hydrogens (tertiary/aromatic N) is 2. The van der Waals surface area contributed by atoms with E-state index in [1.165, 1.54) is 4.68 Å². The zero-order chi connectivity index (χ0) is 5.98. The van der Waals surface area contributed by atoms with Crippen molar-refractivity contribution in [2.75, 3.05) is 0 Å². The second kappa shape index (κ2) is 2.05. The Labute approximate surface area is 53.1 Å². The van der Waals surface area contributed by atoms with E-state index in [9.17, 15) is 0 Å². The fraction of sp³-hybridized carbons (Fsp3) is 0.200. The molecule has 0 aromatic carbocycles. The molecule has 1 radical (unpaired) electrons. The molecule has 0 atom stereocenters. The van der Waals surface area contributed by atoms with Crippen LogP contribution in [0.3, 0.4) is 0 Å². The van der Waals surface area contributed by atoms with Gasteiger partial charge in [-0.05, 0) is 13.0 Å². The van der Waals surface area contributed by atoms with Crippen molar-refractivity contribution in [3.05, 3.63) is 18.0 Å². The lowest BCUT2D eigenvalue weighted by atomic mass is 10.5. The molecule has 41 valence electrons. The van der Waals surface area contributed by atoms with Gasteiger partial charge in [0, 0.05) is 11.9 Å². The second-order valence-corrected chi connectivity index (χ2v) is 1.66. The van der Waals surface area contributed by atoms with Crippen LogP contribution in [0.5, 0.6) is 0 Å². The highest BCUT2D eigenvalue weighted by molar-refractivity contribution is 7.78. The van der Waals surface area contributed by atoms with E-state index in [2.05, 4.69) is 22.8 Å². The van der Waals surface area contributed by atoms with Gasteiger partial charge in [0.15, 0.2) is 5.49 Å². The average Bonchev–Trinajstić information content (AvgIpc) is 2.14. The molecule has 0 fully saturated rings. The van der Waals surface area contributed by atoms with Crippen molar-refractivity contribution < 1.29 is 0 Å². The maximum Gasteiger partial charge on any atom is 0.164 e. The molecule has 0 N–H and O–H groups in total. The Morgan fingerprint density at radius 1 is 1.88 bits per heavy atom. The van der Waals surface area contributed by atoms with Crippen molar-refractivity contribution >= 4 is 17.7 Å². The van der Waals surface area contributed by atoms with Crippen LogP contribution in [0.4, 0.5) is 0 Å². The molecule has 0 spiro atoms. The summed E-state index contributed by atoms with van der Waals surface area (Å²) in [5, 5.41) is 3.84. The third kappa shape index (κ3) is 0.767. The first-order chi connectivity index (χ1) is 3.84. The normalized spacial score (nSPS) is 9.12. The molecule has 0 aliphatic carbocycles. The van der Waals surface area contributed by atoms with Gasteiger partial charge in [-0.1, -0.05) is 12.2 Å². The predicted molar refractivity (Wildman–Crippen MR) is 35.0 cm³/mol. The largest absolute Gasteiger partial charge is 0.224 e. The summed E-state index contributed by atoms with van der Waals surface area (Å²) >= 11 is 4.51. The van der Waals surface area contributed by atoms with Crippen LogP contribution in [0.1, 0.15) is 5.69 Å². The summed E-state index contributed by atoms with van der Waals surface area (Å²) in [4.78, 5) is 0. The van der Waals surface area contributed by atoms with Crippen molar-refractivity contribution in [1.82, 2.24) is 9.78 Å². The maximum atomic E-state index is 4.51. The Kier molecular flexibility index (Phi) is 1.39. The van der Waals surface area contributed by atoms with E-state index in [1.807, 2.05) is 13.0 Å². The Hall–Kier alpha value is -0.700. The van der Waals surface area contributed by atoms with E-state index in [-0.39, 0.29) is 0 Å². The molecule has 1 heterocycles. The number of hydrogen-bond donors (Lipinski definition) is 0. The first-order valence-electron chi connectivity index (χ1n) is 2.23. The van der Waals surface area contributed by atoms with E-state index >= 15 is 0 Å². The molecule has 2 nitrogen and oxygen atoms in total. The maximum absolute atomic E-state index is 4.51. The van der Waals surface area contributed by atoms with Crippen molar-refractivity contribution in [3.63, 3.8) is 0 Å². The van der Waals surface area contributed by atoms with Crippen LogP contribution in [0, 0.1) is 6.92 Å². The predicted octanol–water partition coefficient (Wildman–Crippen LogP) is 0.874. The molecule has 0 bridgehead atoms. The minimum Gasteiger partial charge on any atom is -0.224 e. The van der Waals surface area contributed by atoms with Crippen molar-refractivity contribution in [1.29, 1.82) is 0 Å². The Bertz CT molecular complexity index is 192. The molecule has 0 unspecified atom stereocenters. The van der Waals surface area contributed by atoms with Crippen LogP contribution < -0.4 is 0 Å². The van der Waals surface area contributed by atoms with E-state index < -0.39 is 0 Å². The van der Waals surface area contributed by atoms with Crippen molar-refractivity contribution in [3.8, 4) is 0 Å². The van der Waals surface area contributed by atoms with Crippen molar-refractivity contribution in [2.24, 2.45) is 0 Å². The number of aryl methyl sites for hydroxylation is 1. The topological polar surface area (TPSA) is 17.8 Å². The Morgan fingerprint density at radius 3 is 2.88 bits per heavy atom. The van der Waals surface area contributed by atoms with Gasteiger partial charge in [0.05, 0.1) is 0 Å². The molecule has 0 aliphatic rings. The summed E-state index contributed by atoms with van der Waals surface area (Å²) in [6, 6.07) is 1.87. The standard InChI is InChI=1S/C5H5N2S/c1-5-2-3-6-7(5)4-8/h2-3H,1H3. The van der Waals surface area contributed by atoms with Gasteiger partial charge in [-0.3, -0.25) is 0 Å². The monoisotopic (exact) mass is 125 g/mol. The first kappa shape index (κ1) is 5.44. The van der Waals surface area contributed by atoms with Crippen LogP contribution in [0.15, 0.2) is 12.3 Å². The number of aromatic nitrogens is 2. The van der Waals surface area contributed by atoms with Crippen LogP contribution >= 0.6 is 12.2 Å². The van der Waals surface area contributed by atoms with E-state index in [4.69, 9.17) is 0 Å². The van der Waals surface area contributed by atoms with Crippen molar-refractivity contribution in [2.45, 2.75) is 6.92 Å². The van der Waals surface area contributed by atoms with Gasteiger partial charge in [-0.25, -0.2) is 4.68 Å². The van der Waals surface area contributed by atoms with E-state index in [0.717, 1.165) is 5.69 Å². The first-order valence-corrected chi connectivity index (χ1v) is 2.64. The minimum absolute atomic E-state index is 1.01. The molecule has 0 saturated heterocycles. The second-order valence-electron chi connectivity index (χ2n) is 1.48. The van der Waals surface area contributed by atoms with Crippen LogP contribution in [-0.2, 0) is 0 Å². The van der Waals surface area contributed by atoms with E-state index in [1.54, 1.807) is 6.20 Å². The lowest BCUT2D eigenvalue weighted by Gasteiger charge is -1.86. The van der Waals surface area contributed by atoms with Crippen LogP contribution in [-0.4, -0.2) is 15.3 Å². The molecule has 1 rings (SSSR count). The fourth-order valence-corrected chi connectivity index (χ4v) is 0.656. The summed E-state index contributed by atoms with van der Waals surface area (Å²) in [6.45, 7) is 1.92. The summed E-state index contributed by atoms with van der Waals surface area (Å²) in [5.74, 6) is 0. The highest BCUT2D eigenvalue weighted by Crippen LogP contribution is 1.90. The van der Waals surface area contributed by atoms with Gasteiger partial charge >= 0.3 is 0 Å². The van der Waals surface area contributed by atoms with Gasteiger partial charge in [0.2, 0.25) is 0 Å². The smallest absolute Gasteiger partial charge is 0.164 e. The average molecular weight is 125 g/mol. The van der Waals surface area contributed by atoms with Gasteiger partial charge < -0.3 is 0 Å². The van der Waals surface area contributed by atoms with Crippen LogP contribution in [0.2, 0.25) is 0 Å². The van der Waals surface area contributed by atoms with Gasteiger partial charge in [0.25, 0.3) is 0 Å². The fourth-order valence-electron chi connectivity index (χ4n) is 0.465. The Balaban J connectivity index is 3.09. The molecular weight excluding hydrogens is 120 g/mol.